The van der Waals surface area contributed by atoms with Gasteiger partial charge in [0.25, 0.3) is 0 Å². The zero-order chi connectivity index (χ0) is 13.5. The fourth-order valence-electron chi connectivity index (χ4n) is 1.05. The highest BCUT2D eigenvalue weighted by Crippen LogP contribution is 2.07. The summed E-state index contributed by atoms with van der Waals surface area (Å²) >= 11 is 0. The van der Waals surface area contributed by atoms with E-state index in [1.54, 1.807) is 20.8 Å². The van der Waals surface area contributed by atoms with Gasteiger partial charge in [-0.25, -0.2) is 9.59 Å². The molecule has 1 atom stereocenters. The molecule has 0 aliphatic carbocycles. The van der Waals surface area contributed by atoms with Gasteiger partial charge in [-0.15, -0.1) is 0 Å². The molecule has 0 bridgehead atoms. The maximum atomic E-state index is 11.4. The number of ether oxygens (including phenoxy) is 2. The van der Waals surface area contributed by atoms with Crippen molar-refractivity contribution < 1.29 is 24.2 Å². The number of amides is 1. The van der Waals surface area contributed by atoms with Crippen LogP contribution in [0, 0.1) is 0 Å². The van der Waals surface area contributed by atoms with Gasteiger partial charge in [0.2, 0.25) is 0 Å². The number of carboxylic acid groups (broad SMARTS) is 1. The van der Waals surface area contributed by atoms with Crippen molar-refractivity contribution in [2.24, 2.45) is 0 Å². The van der Waals surface area contributed by atoms with Gasteiger partial charge >= 0.3 is 12.1 Å². The Morgan fingerprint density at radius 3 is 2.35 bits per heavy atom. The second-order valence-corrected chi connectivity index (χ2v) is 4.52. The van der Waals surface area contributed by atoms with Gasteiger partial charge in [0.05, 0.1) is 0 Å². The highest BCUT2D eigenvalue weighted by atomic mass is 16.6. The Bertz CT molecular complexity index is 259. The van der Waals surface area contributed by atoms with Crippen LogP contribution in [-0.2, 0) is 14.3 Å². The van der Waals surface area contributed by atoms with E-state index in [1.165, 1.54) is 0 Å². The number of carbonyl (C=O) groups excluding carboxylic acids is 1. The number of carbonyl (C=O) groups is 2. The molecule has 0 rings (SSSR count). The predicted molar refractivity (Wildman–Crippen MR) is 61.9 cm³/mol. The molecule has 0 heterocycles. The van der Waals surface area contributed by atoms with E-state index in [2.05, 4.69) is 5.32 Å². The van der Waals surface area contributed by atoms with E-state index >= 15 is 0 Å². The molecule has 6 nitrogen and oxygen atoms in total. The molecule has 100 valence electrons. The lowest BCUT2D eigenvalue weighted by Gasteiger charge is -2.21. The molecule has 1 amide bonds. The number of hydrogen-bond donors (Lipinski definition) is 2. The Balaban J connectivity index is 4.16. The molecular formula is C11H21NO5. The zero-order valence-electron chi connectivity index (χ0n) is 10.8. The Morgan fingerprint density at radius 2 is 1.94 bits per heavy atom. The second-order valence-electron chi connectivity index (χ2n) is 4.52. The average molecular weight is 247 g/mol. The minimum absolute atomic E-state index is 0.211. The third-order valence-electron chi connectivity index (χ3n) is 1.74. The van der Waals surface area contributed by atoms with Crippen LogP contribution in [0.3, 0.4) is 0 Å². The van der Waals surface area contributed by atoms with E-state index in [9.17, 15) is 9.59 Å². The molecule has 0 radical (unpaired) electrons. The van der Waals surface area contributed by atoms with Gasteiger partial charge in [0.15, 0.2) is 0 Å². The van der Waals surface area contributed by atoms with Crippen LogP contribution in [0.1, 0.15) is 34.1 Å². The molecule has 2 N–H and O–H groups in total. The lowest BCUT2D eigenvalue weighted by atomic mass is 10.2. The molecule has 0 aliphatic heterocycles. The predicted octanol–water partition coefficient (Wildman–Crippen LogP) is 1.39. The van der Waals surface area contributed by atoms with Gasteiger partial charge in [-0.1, -0.05) is 0 Å². The van der Waals surface area contributed by atoms with Crippen LogP contribution in [-0.4, -0.2) is 42.0 Å². The summed E-state index contributed by atoms with van der Waals surface area (Å²) in [6.07, 6.45) is -0.524. The maximum absolute atomic E-state index is 11.4. The first-order chi connectivity index (χ1) is 7.76. The molecule has 0 fully saturated rings. The third-order valence-corrected chi connectivity index (χ3v) is 1.74. The number of rotatable bonds is 6. The van der Waals surface area contributed by atoms with Crippen molar-refractivity contribution >= 4 is 12.1 Å². The summed E-state index contributed by atoms with van der Waals surface area (Å²) in [5.41, 5.74) is -0.646. The standard InChI is InChI=1S/C11H21NO5/c1-5-16-7-6-8(9(13)14)12-10(15)17-11(2,3)4/h8H,5-7H2,1-4H3,(H,12,15)(H,13,14)/t8-/m0/s1. The number of carboxylic acids is 1. The first-order valence-electron chi connectivity index (χ1n) is 5.56. The minimum Gasteiger partial charge on any atom is -0.480 e. The molecule has 0 aromatic heterocycles. The van der Waals surface area contributed by atoms with Gasteiger partial charge in [-0.3, -0.25) is 0 Å². The largest absolute Gasteiger partial charge is 0.480 e. The van der Waals surface area contributed by atoms with Crippen molar-refractivity contribution in [1.82, 2.24) is 5.32 Å². The summed E-state index contributed by atoms with van der Waals surface area (Å²) in [6.45, 7) is 7.74. The molecule has 0 aliphatic rings. The van der Waals surface area contributed by atoms with Crippen LogP contribution in [0.4, 0.5) is 4.79 Å². The number of nitrogens with one attached hydrogen (secondary N) is 1. The summed E-state index contributed by atoms with van der Waals surface area (Å²) in [5, 5.41) is 11.2. The quantitative estimate of drug-likeness (QED) is 0.693. The molecule has 0 unspecified atom stereocenters. The van der Waals surface area contributed by atoms with Crippen LogP contribution < -0.4 is 5.32 Å². The summed E-state index contributed by atoms with van der Waals surface area (Å²) < 4.78 is 10.0. The summed E-state index contributed by atoms with van der Waals surface area (Å²) in [4.78, 5) is 22.2. The van der Waals surface area contributed by atoms with Crippen molar-refractivity contribution in [1.29, 1.82) is 0 Å². The van der Waals surface area contributed by atoms with Gasteiger partial charge in [-0.2, -0.15) is 0 Å². The molecule has 0 aromatic rings. The molecule has 0 aromatic carbocycles. The monoisotopic (exact) mass is 247 g/mol. The van der Waals surface area contributed by atoms with E-state index in [0.29, 0.717) is 6.61 Å². The van der Waals surface area contributed by atoms with E-state index in [-0.39, 0.29) is 13.0 Å². The molecular weight excluding hydrogens is 226 g/mol. The molecule has 0 spiro atoms. The number of alkyl carbamates (subject to hydrolysis) is 1. The molecule has 0 saturated carbocycles. The Kier molecular flexibility index (Phi) is 6.57. The van der Waals surface area contributed by atoms with Crippen LogP contribution >= 0.6 is 0 Å². The Morgan fingerprint density at radius 1 is 1.35 bits per heavy atom. The van der Waals surface area contributed by atoms with Crippen molar-refractivity contribution in [3.05, 3.63) is 0 Å². The Labute approximate surface area is 101 Å². The Hall–Kier alpha value is -1.30. The molecule has 17 heavy (non-hydrogen) atoms. The minimum atomic E-state index is -1.10. The first kappa shape index (κ1) is 15.7. The van der Waals surface area contributed by atoms with Gasteiger partial charge in [0, 0.05) is 19.6 Å². The zero-order valence-corrected chi connectivity index (χ0v) is 10.8. The topological polar surface area (TPSA) is 84.9 Å². The van der Waals surface area contributed by atoms with E-state index < -0.39 is 23.7 Å². The number of hydrogen-bond acceptors (Lipinski definition) is 4. The SMILES string of the molecule is CCOCC[C@H](NC(=O)OC(C)(C)C)C(=O)O. The van der Waals surface area contributed by atoms with Gasteiger partial charge in [-0.05, 0) is 27.7 Å². The third kappa shape index (κ3) is 8.50. The van der Waals surface area contributed by atoms with E-state index in [1.807, 2.05) is 6.92 Å². The van der Waals surface area contributed by atoms with Gasteiger partial charge < -0.3 is 19.9 Å². The highest BCUT2D eigenvalue weighted by molar-refractivity contribution is 5.79. The summed E-state index contributed by atoms with van der Waals surface area (Å²) in [6, 6.07) is -0.989. The maximum Gasteiger partial charge on any atom is 0.408 e. The number of aliphatic carboxylic acids is 1. The lowest BCUT2D eigenvalue weighted by Crippen LogP contribution is -2.44. The second kappa shape index (κ2) is 7.11. The lowest BCUT2D eigenvalue weighted by molar-refractivity contribution is -0.140. The fraction of sp³-hybridized carbons (Fsp3) is 0.818. The van der Waals surface area contributed by atoms with Crippen LogP contribution in [0.2, 0.25) is 0 Å². The van der Waals surface area contributed by atoms with Crippen LogP contribution in [0.5, 0.6) is 0 Å². The average Bonchev–Trinajstić information content (AvgIpc) is 2.13. The van der Waals surface area contributed by atoms with Crippen molar-refractivity contribution in [3.63, 3.8) is 0 Å². The molecule has 0 saturated heterocycles. The van der Waals surface area contributed by atoms with Crippen molar-refractivity contribution in [2.45, 2.75) is 45.8 Å². The highest BCUT2D eigenvalue weighted by Gasteiger charge is 2.23. The normalized spacial score (nSPS) is 12.9. The summed E-state index contributed by atoms with van der Waals surface area (Å²) in [5.74, 6) is -1.10. The van der Waals surface area contributed by atoms with Crippen molar-refractivity contribution in [2.75, 3.05) is 13.2 Å². The smallest absolute Gasteiger partial charge is 0.408 e. The van der Waals surface area contributed by atoms with E-state index in [4.69, 9.17) is 14.6 Å². The van der Waals surface area contributed by atoms with Crippen molar-refractivity contribution in [3.8, 4) is 0 Å². The van der Waals surface area contributed by atoms with E-state index in [0.717, 1.165) is 0 Å². The van der Waals surface area contributed by atoms with Crippen LogP contribution in [0.15, 0.2) is 0 Å². The van der Waals surface area contributed by atoms with Gasteiger partial charge in [0.1, 0.15) is 11.6 Å². The molecule has 6 heteroatoms. The van der Waals surface area contributed by atoms with Crippen LogP contribution in [0.25, 0.3) is 0 Å². The summed E-state index contributed by atoms with van der Waals surface area (Å²) in [7, 11) is 0. The fourth-order valence-corrected chi connectivity index (χ4v) is 1.05. The first-order valence-corrected chi connectivity index (χ1v) is 5.56.